The summed E-state index contributed by atoms with van der Waals surface area (Å²) in [6.45, 7) is 4.75. The van der Waals surface area contributed by atoms with Gasteiger partial charge in [-0.3, -0.25) is 14.7 Å². The number of carbonyl (C=O) groups is 1. The smallest absolute Gasteiger partial charge is 0.274 e. The van der Waals surface area contributed by atoms with E-state index in [2.05, 4.69) is 30.5 Å². The molecule has 0 bridgehead atoms. The van der Waals surface area contributed by atoms with Gasteiger partial charge < -0.3 is 19.5 Å². The Balaban J connectivity index is 1.33. The van der Waals surface area contributed by atoms with Crippen molar-refractivity contribution in [3.63, 3.8) is 0 Å². The molecular formula is C29H26F2N8O3. The molecule has 4 aromatic heterocycles. The summed E-state index contributed by atoms with van der Waals surface area (Å²) in [7, 11) is 0. The average Bonchev–Trinajstić information content (AvgIpc) is 3.40. The van der Waals surface area contributed by atoms with Crippen LogP contribution in [0.25, 0.3) is 22.6 Å². The molecule has 1 amide bonds. The van der Waals surface area contributed by atoms with Crippen LogP contribution in [0.4, 0.5) is 14.6 Å². The minimum Gasteiger partial charge on any atom is -0.483 e. The van der Waals surface area contributed by atoms with Crippen LogP contribution in [0.2, 0.25) is 0 Å². The Bertz CT molecular complexity index is 1860. The van der Waals surface area contributed by atoms with Gasteiger partial charge >= 0.3 is 0 Å². The maximum Gasteiger partial charge on any atom is 0.274 e. The van der Waals surface area contributed by atoms with Gasteiger partial charge in [0.2, 0.25) is 5.43 Å². The lowest BCUT2D eigenvalue weighted by atomic mass is 10.1. The molecule has 2 N–H and O–H groups in total. The van der Waals surface area contributed by atoms with Gasteiger partial charge in [-0.2, -0.15) is 5.10 Å². The summed E-state index contributed by atoms with van der Waals surface area (Å²) in [5, 5.41) is 10.0. The molecule has 13 heteroatoms. The molecule has 0 unspecified atom stereocenters. The maximum atomic E-state index is 14.8. The zero-order valence-electron chi connectivity index (χ0n) is 22.8. The fraction of sp³-hybridized carbons (Fsp3) is 0.241. The zero-order chi connectivity index (χ0) is 29.4. The SMILES string of the molecule is CC(C)N1CCn2c(CNc3nc(-c4[nH]nc5ncc(F)cc45)ncc3F)cc(=O)c(OCc3ccccc3)c2C1=O. The number of ether oxygens (including phenoxy) is 1. The Morgan fingerprint density at radius 3 is 2.67 bits per heavy atom. The van der Waals surface area contributed by atoms with Gasteiger partial charge in [-0.25, -0.2) is 23.7 Å². The van der Waals surface area contributed by atoms with Crippen molar-refractivity contribution in [3.05, 3.63) is 93.7 Å². The molecule has 6 rings (SSSR count). The number of aromatic nitrogens is 6. The van der Waals surface area contributed by atoms with Crippen molar-refractivity contribution in [3.8, 4) is 17.3 Å². The summed E-state index contributed by atoms with van der Waals surface area (Å²) in [4.78, 5) is 40.8. The highest BCUT2D eigenvalue weighted by Gasteiger charge is 2.32. The van der Waals surface area contributed by atoms with Crippen molar-refractivity contribution in [1.82, 2.24) is 34.6 Å². The Morgan fingerprint density at radius 2 is 1.88 bits per heavy atom. The van der Waals surface area contributed by atoms with Crippen LogP contribution in [-0.2, 0) is 19.7 Å². The van der Waals surface area contributed by atoms with Crippen molar-refractivity contribution in [2.45, 2.75) is 39.6 Å². The summed E-state index contributed by atoms with van der Waals surface area (Å²) >= 11 is 0. The summed E-state index contributed by atoms with van der Waals surface area (Å²) in [6.07, 6.45) is 2.02. The van der Waals surface area contributed by atoms with E-state index < -0.39 is 17.1 Å². The van der Waals surface area contributed by atoms with E-state index in [4.69, 9.17) is 4.74 Å². The van der Waals surface area contributed by atoms with E-state index in [0.29, 0.717) is 24.2 Å². The third-order valence-electron chi connectivity index (χ3n) is 7.01. The number of hydrogen-bond acceptors (Lipinski definition) is 8. The Hall–Kier alpha value is -5.20. The number of halogens is 2. The quantitative estimate of drug-likeness (QED) is 0.286. The summed E-state index contributed by atoms with van der Waals surface area (Å²) < 4.78 is 36.3. The number of anilines is 1. The fourth-order valence-corrected chi connectivity index (χ4v) is 4.93. The van der Waals surface area contributed by atoms with E-state index in [-0.39, 0.29) is 59.5 Å². The first-order valence-electron chi connectivity index (χ1n) is 13.3. The van der Waals surface area contributed by atoms with Crippen molar-refractivity contribution in [2.75, 3.05) is 11.9 Å². The molecule has 5 aromatic rings. The molecule has 11 nitrogen and oxygen atoms in total. The highest BCUT2D eigenvalue weighted by molar-refractivity contribution is 5.96. The van der Waals surface area contributed by atoms with Crippen LogP contribution >= 0.6 is 0 Å². The highest BCUT2D eigenvalue weighted by atomic mass is 19.1. The Morgan fingerprint density at radius 1 is 1.07 bits per heavy atom. The molecule has 0 saturated carbocycles. The number of rotatable bonds is 8. The molecule has 0 spiro atoms. The van der Waals surface area contributed by atoms with Crippen molar-refractivity contribution < 1.29 is 18.3 Å². The molecule has 1 aliphatic heterocycles. The van der Waals surface area contributed by atoms with Crippen LogP contribution in [0, 0.1) is 11.6 Å². The van der Waals surface area contributed by atoms with Gasteiger partial charge in [0.25, 0.3) is 5.91 Å². The van der Waals surface area contributed by atoms with Gasteiger partial charge in [0, 0.05) is 30.9 Å². The summed E-state index contributed by atoms with van der Waals surface area (Å²) in [5.74, 6) is -1.73. The van der Waals surface area contributed by atoms with E-state index in [1.165, 1.54) is 12.1 Å². The predicted molar refractivity (Wildman–Crippen MR) is 150 cm³/mol. The van der Waals surface area contributed by atoms with Crippen LogP contribution in [0.1, 0.15) is 35.6 Å². The number of benzene rings is 1. The zero-order valence-corrected chi connectivity index (χ0v) is 22.8. The van der Waals surface area contributed by atoms with Crippen LogP contribution in [0.3, 0.4) is 0 Å². The first-order valence-corrected chi connectivity index (χ1v) is 13.3. The van der Waals surface area contributed by atoms with Crippen molar-refractivity contribution in [2.24, 2.45) is 0 Å². The second kappa shape index (κ2) is 11.0. The Kier molecular flexibility index (Phi) is 7.07. The lowest BCUT2D eigenvalue weighted by Crippen LogP contribution is -2.46. The van der Waals surface area contributed by atoms with E-state index in [1.54, 1.807) is 9.47 Å². The summed E-state index contributed by atoms with van der Waals surface area (Å²) in [6, 6.07) is 11.9. The molecule has 1 aromatic carbocycles. The van der Waals surface area contributed by atoms with E-state index in [9.17, 15) is 18.4 Å². The number of H-pyrrole nitrogens is 1. The normalized spacial score (nSPS) is 13.1. The number of hydrogen-bond donors (Lipinski definition) is 2. The number of pyridine rings is 2. The van der Waals surface area contributed by atoms with E-state index in [1.807, 2.05) is 44.2 Å². The molecule has 42 heavy (non-hydrogen) atoms. The minimum absolute atomic E-state index is 0.0244. The highest BCUT2D eigenvalue weighted by Crippen LogP contribution is 2.27. The van der Waals surface area contributed by atoms with Crippen molar-refractivity contribution in [1.29, 1.82) is 0 Å². The molecule has 0 atom stereocenters. The van der Waals surface area contributed by atoms with Gasteiger partial charge in [0.15, 0.2) is 34.6 Å². The fourth-order valence-electron chi connectivity index (χ4n) is 4.93. The third-order valence-corrected chi connectivity index (χ3v) is 7.01. The van der Waals surface area contributed by atoms with Crippen LogP contribution in [0.15, 0.2) is 59.7 Å². The summed E-state index contributed by atoms with van der Waals surface area (Å²) in [5.41, 5.74) is 1.52. The average molecular weight is 573 g/mol. The van der Waals surface area contributed by atoms with Gasteiger partial charge in [0.1, 0.15) is 18.1 Å². The molecule has 214 valence electrons. The molecule has 0 aliphatic carbocycles. The van der Waals surface area contributed by atoms with Crippen LogP contribution in [0.5, 0.6) is 5.75 Å². The minimum atomic E-state index is -0.738. The number of carbonyl (C=O) groups excluding carboxylic acids is 1. The molecular weight excluding hydrogens is 546 g/mol. The number of nitrogens with one attached hydrogen (secondary N) is 2. The topological polar surface area (TPSA) is 131 Å². The van der Waals surface area contributed by atoms with E-state index in [0.717, 1.165) is 18.0 Å². The van der Waals surface area contributed by atoms with E-state index >= 15 is 0 Å². The monoisotopic (exact) mass is 572 g/mol. The molecule has 0 radical (unpaired) electrons. The predicted octanol–water partition coefficient (Wildman–Crippen LogP) is 3.91. The number of fused-ring (bicyclic) bond motifs is 2. The number of amides is 1. The van der Waals surface area contributed by atoms with Gasteiger partial charge in [-0.05, 0) is 25.5 Å². The largest absolute Gasteiger partial charge is 0.483 e. The number of nitrogens with zero attached hydrogens (tertiary/aromatic N) is 6. The standard InChI is InChI=1S/C29H26F2N8O3/c1-16(2)38-8-9-39-19(11-22(40)25(24(39)29(38)41)42-15-17-6-4-3-5-7-17)13-33-27-21(31)14-34-28(35-27)23-20-10-18(30)12-32-26(20)37-36-23/h3-7,10-12,14,16H,8-9,13,15H2,1-2H3,(H,32,36,37)(H,33,34,35). The molecule has 0 fully saturated rings. The first kappa shape index (κ1) is 27.0. The number of aromatic amines is 1. The van der Waals surface area contributed by atoms with Gasteiger partial charge in [0.05, 0.1) is 24.3 Å². The second-order valence-corrected chi connectivity index (χ2v) is 10.1. The van der Waals surface area contributed by atoms with Crippen LogP contribution < -0.4 is 15.5 Å². The van der Waals surface area contributed by atoms with Crippen molar-refractivity contribution >= 4 is 22.8 Å². The molecule has 1 aliphatic rings. The maximum absolute atomic E-state index is 14.8. The lowest BCUT2D eigenvalue weighted by Gasteiger charge is -2.35. The second-order valence-electron chi connectivity index (χ2n) is 10.1. The van der Waals surface area contributed by atoms with Gasteiger partial charge in [-0.1, -0.05) is 30.3 Å². The van der Waals surface area contributed by atoms with Gasteiger partial charge in [-0.15, -0.1) is 0 Å². The van der Waals surface area contributed by atoms with Crippen LogP contribution in [-0.4, -0.2) is 53.1 Å². The lowest BCUT2D eigenvalue weighted by molar-refractivity contribution is 0.0636. The third kappa shape index (κ3) is 5.04. The molecule has 0 saturated heterocycles. The molecule has 5 heterocycles. The Labute approximate surface area is 238 Å². The first-order chi connectivity index (χ1) is 20.3.